The first-order valence-corrected chi connectivity index (χ1v) is 8.00. The van der Waals surface area contributed by atoms with Crippen LogP contribution in [0.3, 0.4) is 0 Å². The van der Waals surface area contributed by atoms with Gasteiger partial charge in [-0.3, -0.25) is 0 Å². The van der Waals surface area contributed by atoms with E-state index in [2.05, 4.69) is 27.7 Å². The number of rotatable bonds is 3. The molecule has 0 radical (unpaired) electrons. The Kier molecular flexibility index (Phi) is 3.79. The Hall–Kier alpha value is -0.995. The standard InChI is InChI=1S/C17H25BO3/c1-16(2)17(3,4)21-18(20-16)13-9-11-15(12-10-13)19-14-7-5-6-8-14/h9-12,14H,5-8H2,1-4H3. The highest BCUT2D eigenvalue weighted by Gasteiger charge is 2.51. The lowest BCUT2D eigenvalue weighted by Crippen LogP contribution is -2.41. The summed E-state index contributed by atoms with van der Waals surface area (Å²) in [6.45, 7) is 8.30. The summed E-state index contributed by atoms with van der Waals surface area (Å²) in [5.41, 5.74) is 0.459. The van der Waals surface area contributed by atoms with Gasteiger partial charge >= 0.3 is 7.12 Å². The third-order valence-electron chi connectivity index (χ3n) is 5.01. The van der Waals surface area contributed by atoms with Crippen molar-refractivity contribution in [2.75, 3.05) is 0 Å². The maximum absolute atomic E-state index is 6.06. The van der Waals surface area contributed by atoms with E-state index in [-0.39, 0.29) is 18.3 Å². The smallest absolute Gasteiger partial charge is 0.490 e. The molecule has 4 heteroatoms. The van der Waals surface area contributed by atoms with Crippen LogP contribution < -0.4 is 10.2 Å². The first-order chi connectivity index (χ1) is 9.87. The molecule has 0 amide bonds. The fourth-order valence-electron chi connectivity index (χ4n) is 2.88. The summed E-state index contributed by atoms with van der Waals surface area (Å²) in [4.78, 5) is 0. The van der Waals surface area contributed by atoms with E-state index in [0.717, 1.165) is 11.2 Å². The summed E-state index contributed by atoms with van der Waals surface area (Å²) in [5, 5.41) is 0. The Morgan fingerprint density at radius 2 is 1.48 bits per heavy atom. The zero-order valence-corrected chi connectivity index (χ0v) is 13.5. The highest BCUT2D eigenvalue weighted by Crippen LogP contribution is 2.36. The number of ether oxygens (including phenoxy) is 1. The summed E-state index contributed by atoms with van der Waals surface area (Å²) in [6, 6.07) is 8.15. The summed E-state index contributed by atoms with van der Waals surface area (Å²) >= 11 is 0. The van der Waals surface area contributed by atoms with Gasteiger partial charge in [0.2, 0.25) is 0 Å². The molecule has 1 aromatic carbocycles. The van der Waals surface area contributed by atoms with Crippen LogP contribution in [-0.4, -0.2) is 24.4 Å². The number of hydrogen-bond donors (Lipinski definition) is 0. The van der Waals surface area contributed by atoms with E-state index in [4.69, 9.17) is 14.0 Å². The van der Waals surface area contributed by atoms with Crippen molar-refractivity contribution in [3.8, 4) is 5.75 Å². The van der Waals surface area contributed by atoms with Gasteiger partial charge in [-0.15, -0.1) is 0 Å². The van der Waals surface area contributed by atoms with Gasteiger partial charge in [0.1, 0.15) is 5.75 Å². The van der Waals surface area contributed by atoms with E-state index in [1.54, 1.807) is 0 Å². The highest BCUT2D eigenvalue weighted by molar-refractivity contribution is 6.62. The van der Waals surface area contributed by atoms with Crippen LogP contribution in [0.5, 0.6) is 5.75 Å². The fraction of sp³-hybridized carbons (Fsp3) is 0.647. The zero-order chi connectivity index (χ0) is 15.1. The molecule has 0 bridgehead atoms. The van der Waals surface area contributed by atoms with E-state index in [9.17, 15) is 0 Å². The Balaban J connectivity index is 1.67. The van der Waals surface area contributed by atoms with Crippen LogP contribution in [0, 0.1) is 0 Å². The number of benzene rings is 1. The van der Waals surface area contributed by atoms with Crippen molar-refractivity contribution in [3.05, 3.63) is 24.3 Å². The van der Waals surface area contributed by atoms with Gasteiger partial charge < -0.3 is 14.0 Å². The molecule has 2 aliphatic rings. The van der Waals surface area contributed by atoms with Crippen LogP contribution in [0.2, 0.25) is 0 Å². The van der Waals surface area contributed by atoms with Crippen LogP contribution in [-0.2, 0) is 9.31 Å². The van der Waals surface area contributed by atoms with E-state index in [0.29, 0.717) is 6.10 Å². The van der Waals surface area contributed by atoms with Crippen LogP contribution in [0.25, 0.3) is 0 Å². The molecule has 3 nitrogen and oxygen atoms in total. The van der Waals surface area contributed by atoms with E-state index < -0.39 is 0 Å². The molecule has 0 spiro atoms. The van der Waals surface area contributed by atoms with Crippen LogP contribution in [0.1, 0.15) is 53.4 Å². The molecule has 1 saturated heterocycles. The molecule has 0 unspecified atom stereocenters. The maximum atomic E-state index is 6.06. The second-order valence-corrected chi connectivity index (χ2v) is 7.18. The molecule has 0 aromatic heterocycles. The van der Waals surface area contributed by atoms with Crippen LogP contribution in [0.15, 0.2) is 24.3 Å². The molecular weight excluding hydrogens is 263 g/mol. The van der Waals surface area contributed by atoms with Crippen molar-refractivity contribution < 1.29 is 14.0 Å². The highest BCUT2D eigenvalue weighted by atomic mass is 16.7. The number of hydrogen-bond acceptors (Lipinski definition) is 3. The lowest BCUT2D eigenvalue weighted by molar-refractivity contribution is 0.00578. The minimum atomic E-state index is -0.296. The summed E-state index contributed by atoms with van der Waals surface area (Å²) in [6.07, 6.45) is 5.33. The molecule has 1 aliphatic heterocycles. The van der Waals surface area contributed by atoms with E-state index >= 15 is 0 Å². The Morgan fingerprint density at radius 1 is 0.952 bits per heavy atom. The van der Waals surface area contributed by atoms with Gasteiger partial charge in [-0.25, -0.2) is 0 Å². The quantitative estimate of drug-likeness (QED) is 0.799. The van der Waals surface area contributed by atoms with Crippen molar-refractivity contribution in [1.82, 2.24) is 0 Å². The lowest BCUT2D eigenvalue weighted by atomic mass is 9.79. The molecule has 21 heavy (non-hydrogen) atoms. The molecule has 2 fully saturated rings. The van der Waals surface area contributed by atoms with Crippen molar-refractivity contribution in [1.29, 1.82) is 0 Å². The molecule has 114 valence electrons. The van der Waals surface area contributed by atoms with Gasteiger partial charge in [0.15, 0.2) is 0 Å². The van der Waals surface area contributed by atoms with Crippen LogP contribution >= 0.6 is 0 Å². The molecule has 0 atom stereocenters. The lowest BCUT2D eigenvalue weighted by Gasteiger charge is -2.32. The fourth-order valence-corrected chi connectivity index (χ4v) is 2.88. The monoisotopic (exact) mass is 288 g/mol. The van der Waals surface area contributed by atoms with Gasteiger partial charge in [-0.2, -0.15) is 0 Å². The molecule has 1 aliphatic carbocycles. The zero-order valence-electron chi connectivity index (χ0n) is 13.5. The Bertz CT molecular complexity index is 473. The van der Waals surface area contributed by atoms with Crippen molar-refractivity contribution in [3.63, 3.8) is 0 Å². The molecule has 1 heterocycles. The second-order valence-electron chi connectivity index (χ2n) is 7.18. The van der Waals surface area contributed by atoms with Gasteiger partial charge in [-0.1, -0.05) is 12.1 Å². The van der Waals surface area contributed by atoms with E-state index in [1.165, 1.54) is 25.7 Å². The predicted octanol–water partition coefficient (Wildman–Crippen LogP) is 3.31. The molecule has 1 aromatic rings. The average Bonchev–Trinajstić information content (AvgIpc) is 2.97. The molecular formula is C17H25BO3. The molecule has 3 rings (SSSR count). The summed E-state index contributed by atoms with van der Waals surface area (Å²) in [7, 11) is -0.296. The minimum absolute atomic E-state index is 0.295. The third-order valence-corrected chi connectivity index (χ3v) is 5.01. The molecule has 1 saturated carbocycles. The average molecular weight is 288 g/mol. The molecule has 0 N–H and O–H groups in total. The van der Waals surface area contributed by atoms with Gasteiger partial charge in [-0.05, 0) is 71.0 Å². The van der Waals surface area contributed by atoms with Crippen molar-refractivity contribution >= 4 is 12.6 Å². The third kappa shape index (κ3) is 2.97. The van der Waals surface area contributed by atoms with E-state index in [1.807, 2.05) is 24.3 Å². The Morgan fingerprint density at radius 3 is 2.00 bits per heavy atom. The second kappa shape index (κ2) is 5.33. The van der Waals surface area contributed by atoms with Gasteiger partial charge in [0.25, 0.3) is 0 Å². The normalized spacial score (nSPS) is 24.5. The summed E-state index contributed by atoms with van der Waals surface area (Å²) < 4.78 is 18.1. The summed E-state index contributed by atoms with van der Waals surface area (Å²) in [5.74, 6) is 0.946. The van der Waals surface area contributed by atoms with Crippen molar-refractivity contribution in [2.24, 2.45) is 0 Å². The van der Waals surface area contributed by atoms with Crippen LogP contribution in [0.4, 0.5) is 0 Å². The Labute approximate surface area is 128 Å². The maximum Gasteiger partial charge on any atom is 0.494 e. The largest absolute Gasteiger partial charge is 0.494 e. The van der Waals surface area contributed by atoms with Gasteiger partial charge in [0, 0.05) is 0 Å². The first kappa shape index (κ1) is 14.9. The predicted molar refractivity (Wildman–Crippen MR) is 85.0 cm³/mol. The van der Waals surface area contributed by atoms with Crippen molar-refractivity contribution in [2.45, 2.75) is 70.7 Å². The first-order valence-electron chi connectivity index (χ1n) is 8.00. The minimum Gasteiger partial charge on any atom is -0.490 e. The SMILES string of the molecule is CC1(C)OB(c2ccc(OC3CCCC3)cc2)OC1(C)C. The topological polar surface area (TPSA) is 27.7 Å². The van der Waals surface area contributed by atoms with Gasteiger partial charge in [0.05, 0.1) is 17.3 Å².